The monoisotopic (exact) mass is 521 g/mol. The molecule has 2 atom stereocenters. The van der Waals surface area contributed by atoms with E-state index in [1.165, 1.54) is 18.6 Å². The highest BCUT2D eigenvalue weighted by Crippen LogP contribution is 2.30. The highest BCUT2D eigenvalue weighted by molar-refractivity contribution is 7.89. The van der Waals surface area contributed by atoms with E-state index in [0.29, 0.717) is 5.75 Å². The minimum absolute atomic E-state index is 0.160. The van der Waals surface area contributed by atoms with Crippen molar-refractivity contribution in [1.29, 1.82) is 0 Å². The third-order valence-corrected chi connectivity index (χ3v) is 8.64. The fourth-order valence-corrected chi connectivity index (χ4v) is 6.92. The summed E-state index contributed by atoms with van der Waals surface area (Å²) in [6, 6.07) is 21.0. The van der Waals surface area contributed by atoms with Crippen LogP contribution in [0.15, 0.2) is 79.0 Å². The Morgan fingerprint density at radius 1 is 1.03 bits per heavy atom. The quantitative estimate of drug-likeness (QED) is 0.286. The second-order valence-corrected chi connectivity index (χ2v) is 11.7. The number of nitrogens with one attached hydrogen (secondary N) is 1. The molecule has 1 aliphatic carbocycles. The Labute approximate surface area is 217 Å². The summed E-state index contributed by atoms with van der Waals surface area (Å²) < 4.78 is 50.5. The van der Waals surface area contributed by atoms with E-state index in [9.17, 15) is 12.8 Å². The third-order valence-electron chi connectivity index (χ3n) is 7.00. The highest BCUT2D eigenvalue weighted by atomic mass is 32.2. The first kappa shape index (κ1) is 25.4. The van der Waals surface area contributed by atoms with E-state index in [1.807, 2.05) is 55.5 Å². The molecule has 0 amide bonds. The van der Waals surface area contributed by atoms with Gasteiger partial charge in [-0.1, -0.05) is 49.6 Å². The second-order valence-electron chi connectivity index (χ2n) is 9.89. The maximum absolute atomic E-state index is 13.4. The van der Waals surface area contributed by atoms with Crippen LogP contribution in [-0.2, 0) is 10.0 Å². The van der Waals surface area contributed by atoms with Gasteiger partial charge in [-0.2, -0.15) is 5.10 Å². The summed E-state index contributed by atoms with van der Waals surface area (Å²) in [6.07, 6.45) is 6.56. The predicted molar refractivity (Wildman–Crippen MR) is 144 cm³/mol. The molecule has 0 bridgehead atoms. The van der Waals surface area contributed by atoms with Gasteiger partial charge in [0.2, 0.25) is 10.0 Å². The molecular weight excluding hydrogens is 489 g/mol. The average Bonchev–Trinajstić information content (AvgIpc) is 3.31. The van der Waals surface area contributed by atoms with E-state index < -0.39 is 22.2 Å². The lowest BCUT2D eigenvalue weighted by atomic mass is 9.91. The number of aromatic nitrogens is 2. The smallest absolute Gasteiger partial charge is 0.212 e. The number of fused-ring (bicyclic) bond motifs is 1. The number of ether oxygens (including phenoxy) is 1. The minimum atomic E-state index is -3.46. The minimum Gasteiger partial charge on any atom is -0.484 e. The number of hydrogen-bond acceptors (Lipinski definition) is 4. The van der Waals surface area contributed by atoms with Crippen molar-refractivity contribution in [3.05, 3.63) is 90.4 Å². The molecule has 8 heteroatoms. The molecule has 1 aliphatic rings. The van der Waals surface area contributed by atoms with E-state index in [2.05, 4.69) is 9.82 Å². The summed E-state index contributed by atoms with van der Waals surface area (Å²) >= 11 is 0. The van der Waals surface area contributed by atoms with Crippen LogP contribution < -0.4 is 9.46 Å². The maximum atomic E-state index is 13.4. The number of rotatable bonds is 9. The molecule has 1 N–H and O–H groups in total. The van der Waals surface area contributed by atoms with E-state index in [1.54, 1.807) is 23.0 Å². The third kappa shape index (κ3) is 6.19. The molecule has 0 aliphatic heterocycles. The lowest BCUT2D eigenvalue weighted by Gasteiger charge is -2.28. The van der Waals surface area contributed by atoms with Crippen LogP contribution in [0, 0.1) is 11.7 Å². The van der Waals surface area contributed by atoms with Crippen molar-refractivity contribution in [3.8, 4) is 11.4 Å². The molecule has 1 fully saturated rings. The average molecular weight is 522 g/mol. The van der Waals surface area contributed by atoms with Crippen LogP contribution in [0.2, 0.25) is 0 Å². The fourth-order valence-electron chi connectivity index (χ4n) is 5.18. The van der Waals surface area contributed by atoms with Gasteiger partial charge in [-0.3, -0.25) is 0 Å². The largest absolute Gasteiger partial charge is 0.484 e. The number of sulfonamides is 1. The number of halogens is 1. The van der Waals surface area contributed by atoms with Crippen LogP contribution in [0.3, 0.4) is 0 Å². The van der Waals surface area contributed by atoms with Gasteiger partial charge in [0, 0.05) is 5.39 Å². The van der Waals surface area contributed by atoms with Crippen LogP contribution in [0.5, 0.6) is 5.75 Å². The lowest BCUT2D eigenvalue weighted by Crippen LogP contribution is -2.41. The van der Waals surface area contributed by atoms with E-state index in [0.717, 1.165) is 47.8 Å². The van der Waals surface area contributed by atoms with Crippen molar-refractivity contribution in [1.82, 2.24) is 14.5 Å². The highest BCUT2D eigenvalue weighted by Gasteiger charge is 2.28. The van der Waals surface area contributed by atoms with Crippen molar-refractivity contribution in [2.75, 3.05) is 5.75 Å². The molecular formula is C29H32FN3O3S. The van der Waals surface area contributed by atoms with Gasteiger partial charge < -0.3 is 4.74 Å². The Kier molecular flexibility index (Phi) is 7.58. The van der Waals surface area contributed by atoms with Crippen molar-refractivity contribution in [3.63, 3.8) is 0 Å². The molecule has 5 rings (SSSR count). The van der Waals surface area contributed by atoms with Crippen molar-refractivity contribution in [2.24, 2.45) is 5.92 Å². The Hall–Kier alpha value is -3.23. The van der Waals surface area contributed by atoms with Gasteiger partial charge in [-0.25, -0.2) is 22.2 Å². The van der Waals surface area contributed by atoms with E-state index in [4.69, 9.17) is 4.74 Å². The van der Waals surface area contributed by atoms with Crippen LogP contribution in [0.25, 0.3) is 16.6 Å². The Balaban J connectivity index is 1.37. The van der Waals surface area contributed by atoms with Crippen molar-refractivity contribution < 1.29 is 17.5 Å². The summed E-state index contributed by atoms with van der Waals surface area (Å²) in [5.74, 6) is 0.687. The molecule has 1 heterocycles. The van der Waals surface area contributed by atoms with Crippen LogP contribution >= 0.6 is 0 Å². The van der Waals surface area contributed by atoms with Gasteiger partial charge in [0.05, 0.1) is 29.2 Å². The molecule has 0 saturated heterocycles. The van der Waals surface area contributed by atoms with E-state index >= 15 is 0 Å². The molecule has 6 nitrogen and oxygen atoms in total. The zero-order chi connectivity index (χ0) is 25.8. The summed E-state index contributed by atoms with van der Waals surface area (Å²) in [5.41, 5.74) is 2.50. The summed E-state index contributed by atoms with van der Waals surface area (Å²) in [4.78, 5) is 0. The first-order valence-corrected chi connectivity index (χ1v) is 14.5. The molecule has 4 aromatic rings. The molecule has 1 saturated carbocycles. The van der Waals surface area contributed by atoms with Gasteiger partial charge in [-0.05, 0) is 73.7 Å². The van der Waals surface area contributed by atoms with Gasteiger partial charge in [0.25, 0.3) is 0 Å². The zero-order valence-electron chi connectivity index (χ0n) is 20.9. The topological polar surface area (TPSA) is 73.2 Å². The Bertz CT molecular complexity index is 1430. The second kappa shape index (κ2) is 11.0. The van der Waals surface area contributed by atoms with Crippen LogP contribution in [-0.4, -0.2) is 30.0 Å². The Morgan fingerprint density at radius 3 is 2.49 bits per heavy atom. The number of benzene rings is 3. The Morgan fingerprint density at radius 2 is 1.76 bits per heavy atom. The van der Waals surface area contributed by atoms with Crippen molar-refractivity contribution >= 4 is 20.9 Å². The van der Waals surface area contributed by atoms with E-state index in [-0.39, 0.29) is 17.5 Å². The summed E-state index contributed by atoms with van der Waals surface area (Å²) in [7, 11) is -3.46. The number of hydrogen-bond donors (Lipinski definition) is 1. The van der Waals surface area contributed by atoms with Crippen molar-refractivity contribution in [2.45, 2.75) is 51.2 Å². The fraction of sp³-hybridized carbons (Fsp3) is 0.345. The SMILES string of the molecule is C[C@H](NS(=O)(=O)CC1CCCCC1)[C@H](Oc1ccc2c(cnn2-c2ccc(F)cc2)c1)c1ccccc1. The zero-order valence-corrected chi connectivity index (χ0v) is 21.7. The molecule has 0 unspecified atom stereocenters. The summed E-state index contributed by atoms with van der Waals surface area (Å²) in [5, 5.41) is 5.32. The molecule has 37 heavy (non-hydrogen) atoms. The molecule has 1 aromatic heterocycles. The van der Waals surface area contributed by atoms with Gasteiger partial charge in [0.1, 0.15) is 17.7 Å². The van der Waals surface area contributed by atoms with Crippen LogP contribution in [0.4, 0.5) is 4.39 Å². The van der Waals surface area contributed by atoms with Crippen LogP contribution in [0.1, 0.15) is 50.7 Å². The molecule has 3 aromatic carbocycles. The normalized spacial score (nSPS) is 16.5. The van der Waals surface area contributed by atoms with Gasteiger partial charge >= 0.3 is 0 Å². The summed E-state index contributed by atoms with van der Waals surface area (Å²) in [6.45, 7) is 1.85. The first-order chi connectivity index (χ1) is 17.9. The molecule has 0 radical (unpaired) electrons. The predicted octanol–water partition coefficient (Wildman–Crippen LogP) is 6.17. The van der Waals surface area contributed by atoms with Gasteiger partial charge in [-0.15, -0.1) is 0 Å². The van der Waals surface area contributed by atoms with Gasteiger partial charge in [0.15, 0.2) is 0 Å². The first-order valence-electron chi connectivity index (χ1n) is 12.8. The maximum Gasteiger partial charge on any atom is 0.212 e. The lowest BCUT2D eigenvalue weighted by molar-refractivity contribution is 0.173. The molecule has 0 spiro atoms. The standard InChI is InChI=1S/C29H32FN3O3S/c1-21(32-37(34,35)20-22-8-4-2-5-9-22)29(23-10-6-3-7-11-23)36-27-16-17-28-24(18-27)19-31-33(28)26-14-12-25(30)13-15-26/h3,6-7,10-19,21-22,29,32H,2,4-5,8-9,20H2,1H3/t21-,29-/m0/s1. The number of nitrogens with zero attached hydrogens (tertiary/aromatic N) is 2. The molecule has 194 valence electrons.